The molecule has 0 spiro atoms. The molecule has 1 aliphatic heterocycles. The van der Waals surface area contributed by atoms with E-state index in [0.29, 0.717) is 51.4 Å². The number of benzene rings is 2. The highest BCUT2D eigenvalue weighted by atomic mass is 32.2. The largest absolute Gasteiger partial charge is 0.497 e. The zero-order chi connectivity index (χ0) is 29.1. The Morgan fingerprint density at radius 3 is 2.73 bits per heavy atom. The summed E-state index contributed by atoms with van der Waals surface area (Å²) in [6.07, 6.45) is 1.59. The van der Waals surface area contributed by atoms with Crippen molar-refractivity contribution in [3.8, 4) is 11.8 Å². The van der Waals surface area contributed by atoms with Crippen LogP contribution in [0, 0.1) is 11.3 Å². The van der Waals surface area contributed by atoms with Gasteiger partial charge in [-0.05, 0) is 54.8 Å². The molecule has 1 aromatic heterocycles. The van der Waals surface area contributed by atoms with Gasteiger partial charge in [0.1, 0.15) is 11.6 Å². The van der Waals surface area contributed by atoms with Crippen molar-refractivity contribution in [1.82, 2.24) is 10.2 Å². The molecule has 1 amide bonds. The molecule has 5 rings (SSSR count). The summed E-state index contributed by atoms with van der Waals surface area (Å²) in [4.78, 5) is 38.4. The molecule has 208 valence electrons. The second-order valence-electron chi connectivity index (χ2n) is 9.16. The zero-order valence-electron chi connectivity index (χ0n) is 21.8. The number of rotatable bonds is 8. The summed E-state index contributed by atoms with van der Waals surface area (Å²) < 4.78 is 5.88. The third-order valence-electron chi connectivity index (χ3n) is 6.67. The summed E-state index contributed by atoms with van der Waals surface area (Å²) in [5.41, 5.74) is 9.39. The number of anilines is 2. The fourth-order valence-corrected chi connectivity index (χ4v) is 6.51. The van der Waals surface area contributed by atoms with Crippen LogP contribution in [-0.2, 0) is 9.59 Å². The maximum Gasteiger partial charge on any atom is 0.335 e. The van der Waals surface area contributed by atoms with Gasteiger partial charge in [0.15, 0.2) is 10.1 Å². The van der Waals surface area contributed by atoms with E-state index < -0.39 is 11.9 Å². The Morgan fingerprint density at radius 1 is 1.24 bits per heavy atom. The van der Waals surface area contributed by atoms with Crippen molar-refractivity contribution in [3.05, 3.63) is 82.3 Å². The lowest BCUT2D eigenvalue weighted by Crippen LogP contribution is -2.38. The number of ether oxygens (including phenoxy) is 1. The van der Waals surface area contributed by atoms with Gasteiger partial charge in [-0.15, -0.1) is 10.2 Å². The number of aromatic nitrogens is 2. The maximum atomic E-state index is 13.3. The van der Waals surface area contributed by atoms with Gasteiger partial charge in [0, 0.05) is 23.4 Å². The number of methoxy groups -OCH3 is 1. The van der Waals surface area contributed by atoms with Crippen LogP contribution in [0.1, 0.15) is 41.1 Å². The quantitative estimate of drug-likeness (QED) is 0.321. The molecule has 2 aliphatic rings. The van der Waals surface area contributed by atoms with Crippen molar-refractivity contribution >= 4 is 51.6 Å². The minimum absolute atomic E-state index is 0.0361. The van der Waals surface area contributed by atoms with Gasteiger partial charge < -0.3 is 20.9 Å². The normalized spacial score (nSPS) is 16.7. The molecular formula is C28H24N6O5S2. The maximum absolute atomic E-state index is 13.3. The first-order chi connectivity index (χ1) is 19.8. The average Bonchev–Trinajstić information content (AvgIpc) is 3.44. The molecule has 0 fully saturated rings. The highest BCUT2D eigenvalue weighted by molar-refractivity contribution is 8.01. The Kier molecular flexibility index (Phi) is 8.04. The van der Waals surface area contributed by atoms with E-state index in [4.69, 9.17) is 15.6 Å². The molecule has 0 saturated heterocycles. The number of carboxylic acid groups (broad SMARTS) is 1. The van der Waals surface area contributed by atoms with Crippen LogP contribution in [0.4, 0.5) is 10.8 Å². The molecule has 2 heterocycles. The van der Waals surface area contributed by atoms with Crippen molar-refractivity contribution in [2.24, 2.45) is 5.73 Å². The van der Waals surface area contributed by atoms with Crippen LogP contribution in [0.25, 0.3) is 0 Å². The molecule has 1 aliphatic carbocycles. The molecule has 0 radical (unpaired) electrons. The number of nitriles is 1. The van der Waals surface area contributed by atoms with E-state index in [0.717, 1.165) is 5.56 Å². The van der Waals surface area contributed by atoms with Crippen molar-refractivity contribution in [1.29, 1.82) is 5.26 Å². The number of carboxylic acids is 1. The smallest absolute Gasteiger partial charge is 0.335 e. The van der Waals surface area contributed by atoms with E-state index in [9.17, 15) is 19.6 Å². The third kappa shape index (κ3) is 5.65. The number of nitrogens with two attached hydrogens (primary N) is 1. The van der Waals surface area contributed by atoms with Gasteiger partial charge in [0.2, 0.25) is 11.0 Å². The second-order valence-corrected chi connectivity index (χ2v) is 11.3. The monoisotopic (exact) mass is 588 g/mol. The van der Waals surface area contributed by atoms with Crippen LogP contribution in [0.3, 0.4) is 0 Å². The lowest BCUT2D eigenvalue weighted by Gasteiger charge is -2.38. The lowest BCUT2D eigenvalue weighted by molar-refractivity contribution is -0.116. The van der Waals surface area contributed by atoms with Gasteiger partial charge in [-0.25, -0.2) is 4.79 Å². The van der Waals surface area contributed by atoms with Crippen molar-refractivity contribution in [2.45, 2.75) is 29.5 Å². The summed E-state index contributed by atoms with van der Waals surface area (Å²) in [5, 5.41) is 30.8. The fraction of sp³-hybridized carbons (Fsp3) is 0.214. The summed E-state index contributed by atoms with van der Waals surface area (Å²) in [6, 6.07) is 15.3. The highest BCUT2D eigenvalue weighted by Gasteiger charge is 2.41. The molecule has 0 bridgehead atoms. The van der Waals surface area contributed by atoms with E-state index in [1.807, 2.05) is 18.2 Å². The van der Waals surface area contributed by atoms with Crippen molar-refractivity contribution in [3.63, 3.8) is 0 Å². The van der Waals surface area contributed by atoms with E-state index in [2.05, 4.69) is 21.6 Å². The standard InChI is InChI=1S/C28H24N6O5S2/c1-39-18-5-2-4-16(12-18)23-19(13-29)25(30)34(20-6-3-7-21(35)24(20)23)27-32-33-28(41-27)40-14-22(36)31-17-10-8-15(9-11-17)26(37)38/h2,4-5,8-12,23H,3,6-7,14,30H2,1H3,(H,31,36)(H,37,38). The van der Waals surface area contributed by atoms with Crippen LogP contribution in [0.2, 0.25) is 0 Å². The molecule has 1 atom stereocenters. The minimum atomic E-state index is -1.05. The van der Waals surface area contributed by atoms with Crippen molar-refractivity contribution in [2.75, 3.05) is 23.1 Å². The Hall–Kier alpha value is -4.67. The zero-order valence-corrected chi connectivity index (χ0v) is 23.4. The fourth-order valence-electron chi connectivity index (χ4n) is 4.83. The summed E-state index contributed by atoms with van der Waals surface area (Å²) in [5.74, 6) is -1.19. The molecular weight excluding hydrogens is 564 g/mol. The Balaban J connectivity index is 1.39. The molecule has 2 aromatic carbocycles. The van der Waals surface area contributed by atoms with E-state index >= 15 is 0 Å². The predicted octanol–water partition coefficient (Wildman–Crippen LogP) is 4.28. The number of ketones is 1. The highest BCUT2D eigenvalue weighted by Crippen LogP contribution is 2.47. The molecule has 41 heavy (non-hydrogen) atoms. The van der Waals surface area contributed by atoms with E-state index in [-0.39, 0.29) is 34.4 Å². The van der Waals surface area contributed by atoms with Crippen LogP contribution in [-0.4, -0.2) is 45.8 Å². The number of aromatic carboxylic acids is 1. The van der Waals surface area contributed by atoms with Gasteiger partial charge in [0.05, 0.1) is 36.0 Å². The van der Waals surface area contributed by atoms with Crippen LogP contribution >= 0.6 is 23.1 Å². The lowest BCUT2D eigenvalue weighted by atomic mass is 9.76. The SMILES string of the molecule is COc1cccc(C2C(C#N)=C(N)N(c3nnc(SCC(=O)Nc4ccc(C(=O)O)cc4)s3)C3=C2C(=O)CCC3)c1. The van der Waals surface area contributed by atoms with Gasteiger partial charge in [-0.2, -0.15) is 5.26 Å². The third-order valence-corrected chi connectivity index (χ3v) is 8.71. The first kappa shape index (κ1) is 27.9. The minimum Gasteiger partial charge on any atom is -0.497 e. The number of hydrogen-bond acceptors (Lipinski definition) is 11. The number of nitrogens with zero attached hydrogens (tertiary/aromatic N) is 4. The number of amides is 1. The second kappa shape index (κ2) is 11.8. The number of nitrogens with one attached hydrogen (secondary N) is 1. The van der Waals surface area contributed by atoms with Crippen LogP contribution in [0.15, 0.2) is 75.5 Å². The van der Waals surface area contributed by atoms with Gasteiger partial charge in [-0.1, -0.05) is 35.2 Å². The molecule has 13 heteroatoms. The number of thioether (sulfide) groups is 1. The van der Waals surface area contributed by atoms with Crippen molar-refractivity contribution < 1.29 is 24.2 Å². The Bertz CT molecular complexity index is 1640. The van der Waals surface area contributed by atoms with Gasteiger partial charge in [-0.3, -0.25) is 14.5 Å². The Labute approximate surface area is 243 Å². The van der Waals surface area contributed by atoms with Crippen LogP contribution < -0.4 is 20.7 Å². The first-order valence-electron chi connectivity index (χ1n) is 12.5. The number of Topliss-reactive ketones (excluding diaryl/α,β-unsaturated/α-hetero) is 1. The molecule has 3 aromatic rings. The van der Waals surface area contributed by atoms with E-state index in [1.165, 1.54) is 47.4 Å². The number of carbonyl (C=O) groups is 3. The summed E-state index contributed by atoms with van der Waals surface area (Å²) >= 11 is 2.37. The molecule has 4 N–H and O–H groups in total. The van der Waals surface area contributed by atoms with Crippen LogP contribution in [0.5, 0.6) is 5.75 Å². The molecule has 0 saturated carbocycles. The van der Waals surface area contributed by atoms with Gasteiger partial charge >= 0.3 is 5.97 Å². The Morgan fingerprint density at radius 2 is 2.02 bits per heavy atom. The topological polar surface area (TPSA) is 172 Å². The van der Waals surface area contributed by atoms with Gasteiger partial charge in [0.25, 0.3) is 0 Å². The predicted molar refractivity (Wildman–Crippen MR) is 154 cm³/mol. The average molecular weight is 589 g/mol. The van der Waals surface area contributed by atoms with E-state index in [1.54, 1.807) is 18.1 Å². The molecule has 1 unspecified atom stereocenters. The number of allylic oxidation sites excluding steroid dienone is 3. The number of hydrogen-bond donors (Lipinski definition) is 3. The first-order valence-corrected chi connectivity index (χ1v) is 14.3. The summed E-state index contributed by atoms with van der Waals surface area (Å²) in [6.45, 7) is 0. The summed E-state index contributed by atoms with van der Waals surface area (Å²) in [7, 11) is 1.56. The molecule has 11 nitrogen and oxygen atoms in total. The number of carbonyl (C=O) groups excluding carboxylic acids is 2.